The molecule has 3 aromatic carbocycles. The van der Waals surface area contributed by atoms with Crippen LogP contribution in [0.15, 0.2) is 96.6 Å². The molecule has 0 aromatic heterocycles. The van der Waals surface area contributed by atoms with Gasteiger partial charge in [-0.2, -0.15) is 0 Å². The minimum Gasteiger partial charge on any atom is -0.361 e. The van der Waals surface area contributed by atoms with Crippen LogP contribution < -0.4 is 4.90 Å². The molecule has 0 radical (unpaired) electrons. The normalized spacial score (nSPS) is 39.7. The average Bonchev–Trinajstić information content (AvgIpc) is 3.31. The van der Waals surface area contributed by atoms with Gasteiger partial charge >= 0.3 is 0 Å². The van der Waals surface area contributed by atoms with Gasteiger partial charge < -0.3 is 4.74 Å². The van der Waals surface area contributed by atoms with Crippen LogP contribution in [0.5, 0.6) is 0 Å². The molecule has 4 nitrogen and oxygen atoms in total. The van der Waals surface area contributed by atoms with Crippen molar-refractivity contribution in [1.29, 1.82) is 0 Å². The lowest BCUT2D eigenvalue weighted by molar-refractivity contribution is -0.123. The van der Waals surface area contributed by atoms with E-state index in [1.165, 1.54) is 35.3 Å². The van der Waals surface area contributed by atoms with Gasteiger partial charge in [0.2, 0.25) is 11.8 Å². The summed E-state index contributed by atoms with van der Waals surface area (Å²) < 4.78 is 6.91. The third-order valence-corrected chi connectivity index (χ3v) is 10.7. The molecule has 2 aliphatic heterocycles. The van der Waals surface area contributed by atoms with Crippen molar-refractivity contribution in [3.63, 3.8) is 0 Å². The molecule has 6 fully saturated rings. The minimum absolute atomic E-state index is 0.0343. The number of para-hydroxylation sites is 1. The van der Waals surface area contributed by atoms with Gasteiger partial charge in [0.05, 0.1) is 17.5 Å². The number of amides is 2. The van der Waals surface area contributed by atoms with E-state index >= 15 is 0 Å². The lowest BCUT2D eigenvalue weighted by atomic mass is 9.64. The first-order chi connectivity index (χ1) is 18.2. The Hall–Kier alpha value is -3.50. The summed E-state index contributed by atoms with van der Waals surface area (Å²) in [7, 11) is 0. The van der Waals surface area contributed by atoms with Crippen LogP contribution in [0.1, 0.15) is 30.4 Å². The SMILES string of the molecule is O=C1[C@@H]2[C@H](C(=O)N1c1ccccc1)[C@H]1C(=C(c3ccccc3)c3ccccc3)[C@H]2[C@]23O[C@]12[C@H]1CC[C@H]3C1. The van der Waals surface area contributed by atoms with Gasteiger partial charge in [-0.05, 0) is 65.5 Å². The highest BCUT2D eigenvalue weighted by atomic mass is 16.6. The van der Waals surface area contributed by atoms with Crippen LogP contribution in [0, 0.1) is 35.5 Å². The van der Waals surface area contributed by atoms with Gasteiger partial charge in [-0.25, -0.2) is 0 Å². The number of ether oxygens (including phenoxy) is 1. The number of benzene rings is 3. The van der Waals surface area contributed by atoms with Crippen molar-refractivity contribution < 1.29 is 14.3 Å². The molecule has 2 amide bonds. The molecule has 4 saturated carbocycles. The Bertz CT molecular complexity index is 1420. The number of rotatable bonds is 3. The van der Waals surface area contributed by atoms with Crippen LogP contribution in [0.2, 0.25) is 0 Å². The van der Waals surface area contributed by atoms with E-state index in [4.69, 9.17) is 4.74 Å². The zero-order valence-corrected chi connectivity index (χ0v) is 20.4. The predicted octanol–water partition coefficient (Wildman–Crippen LogP) is 5.49. The van der Waals surface area contributed by atoms with Gasteiger partial charge in [0.25, 0.3) is 0 Å². The first-order valence-corrected chi connectivity index (χ1v) is 13.7. The molecular formula is C33H27NO3. The molecular weight excluding hydrogens is 458 g/mol. The lowest BCUT2D eigenvalue weighted by Crippen LogP contribution is -2.46. The van der Waals surface area contributed by atoms with Crippen molar-refractivity contribution in [3.05, 3.63) is 108 Å². The fourth-order valence-electron chi connectivity index (χ4n) is 9.78. The molecule has 3 aromatic rings. The van der Waals surface area contributed by atoms with Gasteiger partial charge in [0.1, 0.15) is 11.2 Å². The van der Waals surface area contributed by atoms with E-state index in [1.54, 1.807) is 0 Å². The Kier molecular flexibility index (Phi) is 3.71. The van der Waals surface area contributed by atoms with Crippen molar-refractivity contribution in [2.24, 2.45) is 35.5 Å². The second kappa shape index (κ2) is 6.68. The van der Waals surface area contributed by atoms with E-state index in [9.17, 15) is 9.59 Å². The average molecular weight is 486 g/mol. The van der Waals surface area contributed by atoms with Crippen LogP contribution in [0.3, 0.4) is 0 Å². The number of anilines is 1. The first-order valence-electron chi connectivity index (χ1n) is 13.7. The molecule has 4 bridgehead atoms. The molecule has 37 heavy (non-hydrogen) atoms. The van der Waals surface area contributed by atoms with Gasteiger partial charge in [0, 0.05) is 11.8 Å². The number of nitrogens with zero attached hydrogens (tertiary/aromatic N) is 1. The lowest BCUT2D eigenvalue weighted by Gasteiger charge is -2.32. The fourth-order valence-corrected chi connectivity index (χ4v) is 9.78. The zero-order valence-electron chi connectivity index (χ0n) is 20.4. The number of imide groups is 1. The Morgan fingerprint density at radius 1 is 0.676 bits per heavy atom. The van der Waals surface area contributed by atoms with E-state index in [0.717, 1.165) is 11.1 Å². The summed E-state index contributed by atoms with van der Waals surface area (Å²) in [4.78, 5) is 29.9. The minimum atomic E-state index is -0.342. The van der Waals surface area contributed by atoms with Crippen LogP contribution in [-0.2, 0) is 14.3 Å². The Morgan fingerprint density at radius 2 is 1.14 bits per heavy atom. The highest BCUT2D eigenvalue weighted by molar-refractivity contribution is 6.23. The summed E-state index contributed by atoms with van der Waals surface area (Å²) in [5, 5.41) is 0. The van der Waals surface area contributed by atoms with E-state index in [2.05, 4.69) is 48.5 Å². The molecule has 4 aliphatic carbocycles. The third-order valence-electron chi connectivity index (χ3n) is 10.7. The summed E-state index contributed by atoms with van der Waals surface area (Å²) in [5.41, 5.74) is 5.03. The fraction of sp³-hybridized carbons (Fsp3) is 0.333. The summed E-state index contributed by atoms with van der Waals surface area (Å²) in [6.07, 6.45) is 3.55. The number of epoxide rings is 1. The maximum atomic E-state index is 14.2. The molecule has 0 spiro atoms. The summed E-state index contributed by atoms with van der Waals surface area (Å²) >= 11 is 0. The van der Waals surface area contributed by atoms with Crippen LogP contribution >= 0.6 is 0 Å². The molecule has 182 valence electrons. The molecule has 8 atom stereocenters. The highest BCUT2D eigenvalue weighted by Gasteiger charge is 2.96. The second-order valence-corrected chi connectivity index (χ2v) is 11.8. The zero-order chi connectivity index (χ0) is 24.5. The first kappa shape index (κ1) is 20.5. The topological polar surface area (TPSA) is 49.9 Å². The van der Waals surface area contributed by atoms with Crippen LogP contribution in [-0.4, -0.2) is 23.0 Å². The molecule has 0 N–H and O–H groups in total. The Morgan fingerprint density at radius 3 is 1.62 bits per heavy atom. The summed E-state index contributed by atoms with van der Waals surface area (Å²) in [6.45, 7) is 0. The molecule has 2 heterocycles. The molecule has 9 rings (SSSR count). The van der Waals surface area contributed by atoms with Gasteiger partial charge in [-0.1, -0.05) is 78.9 Å². The van der Waals surface area contributed by atoms with Crippen LogP contribution in [0.4, 0.5) is 5.69 Å². The number of hydrogen-bond donors (Lipinski definition) is 0. The number of fused-ring (bicyclic) bond motifs is 7. The van der Waals surface area contributed by atoms with E-state index in [0.29, 0.717) is 17.5 Å². The monoisotopic (exact) mass is 485 g/mol. The second-order valence-electron chi connectivity index (χ2n) is 11.8. The van der Waals surface area contributed by atoms with Crippen molar-refractivity contribution >= 4 is 23.1 Å². The van der Waals surface area contributed by atoms with Crippen molar-refractivity contribution in [2.45, 2.75) is 30.5 Å². The van der Waals surface area contributed by atoms with Crippen molar-refractivity contribution in [2.75, 3.05) is 4.90 Å². The van der Waals surface area contributed by atoms with Gasteiger partial charge in [-0.3, -0.25) is 14.5 Å². The van der Waals surface area contributed by atoms with Crippen molar-refractivity contribution in [3.8, 4) is 0 Å². The Labute approximate surface area is 215 Å². The van der Waals surface area contributed by atoms with Crippen LogP contribution in [0.25, 0.3) is 5.57 Å². The van der Waals surface area contributed by atoms with Gasteiger partial charge in [0.15, 0.2) is 0 Å². The largest absolute Gasteiger partial charge is 0.361 e. The van der Waals surface area contributed by atoms with E-state index < -0.39 is 0 Å². The van der Waals surface area contributed by atoms with Crippen molar-refractivity contribution in [1.82, 2.24) is 0 Å². The number of carbonyl (C=O) groups is 2. The number of carbonyl (C=O) groups excluding carboxylic acids is 2. The quantitative estimate of drug-likeness (QED) is 0.364. The molecule has 2 saturated heterocycles. The molecule has 6 aliphatic rings. The smallest absolute Gasteiger partial charge is 0.238 e. The number of hydrogen-bond acceptors (Lipinski definition) is 3. The maximum absolute atomic E-state index is 14.2. The summed E-state index contributed by atoms with van der Waals surface area (Å²) in [6, 6.07) is 30.6. The van der Waals surface area contributed by atoms with Gasteiger partial charge in [-0.15, -0.1) is 0 Å². The summed E-state index contributed by atoms with van der Waals surface area (Å²) in [5.74, 6) is 0.141. The van der Waals surface area contributed by atoms with E-state index in [1.807, 2.05) is 42.5 Å². The third kappa shape index (κ3) is 2.15. The highest BCUT2D eigenvalue weighted by Crippen LogP contribution is 2.88. The maximum Gasteiger partial charge on any atom is 0.238 e. The molecule has 4 heteroatoms. The standard InChI is InChI=1S/C33H27NO3/c35-30-26-27(31(36)34(30)23-14-8-3-9-15-23)29-25(28(26)32-21-16-17-22(18-21)33(29,32)37-32)24(19-10-4-1-5-11-19)20-12-6-2-7-13-20/h1-15,21-22,26-29H,16-18H2/t21-,22-,26-,27+,28+,29+,32+,33-/m0/s1. The van der Waals surface area contributed by atoms with E-state index in [-0.39, 0.29) is 46.7 Å². The molecule has 0 unspecified atom stereocenters. The predicted molar refractivity (Wildman–Crippen MR) is 139 cm³/mol. The Balaban J connectivity index is 1.31.